The predicted molar refractivity (Wildman–Crippen MR) is 98.9 cm³/mol. The molecule has 5 rings (SSSR count). The first-order valence-electron chi connectivity index (χ1n) is 8.89. The van der Waals surface area contributed by atoms with Crippen LogP contribution in [0.5, 0.6) is 0 Å². The number of pyridine rings is 2. The van der Waals surface area contributed by atoms with E-state index >= 15 is 0 Å². The number of amides is 1. The third-order valence-corrected chi connectivity index (χ3v) is 5.02. The van der Waals surface area contributed by atoms with Crippen LogP contribution in [0.4, 0.5) is 11.5 Å². The van der Waals surface area contributed by atoms with Crippen LogP contribution in [0.15, 0.2) is 49.1 Å². The summed E-state index contributed by atoms with van der Waals surface area (Å²) in [6, 6.07) is 7.52. The molecule has 1 fully saturated rings. The van der Waals surface area contributed by atoms with Crippen molar-refractivity contribution < 1.29 is 9.90 Å². The fraction of sp³-hybridized carbons (Fsp3) is 0.263. The summed E-state index contributed by atoms with van der Waals surface area (Å²) in [5.41, 5.74) is 2.92. The van der Waals surface area contributed by atoms with E-state index in [-0.39, 0.29) is 12.0 Å². The predicted octanol–water partition coefficient (Wildman–Crippen LogP) is 1.39. The van der Waals surface area contributed by atoms with E-state index in [9.17, 15) is 9.90 Å². The number of aliphatic hydroxyl groups excluding tert-OH is 1. The monoisotopic (exact) mass is 362 g/mol. The summed E-state index contributed by atoms with van der Waals surface area (Å²) in [6.07, 6.45) is 7.34. The maximum atomic E-state index is 12.7. The zero-order valence-electron chi connectivity index (χ0n) is 14.6. The molecule has 1 saturated heterocycles. The van der Waals surface area contributed by atoms with Crippen LogP contribution in [-0.2, 0) is 6.54 Å². The summed E-state index contributed by atoms with van der Waals surface area (Å²) in [5, 5.41) is 14.2. The SMILES string of the molecule is O=C1c2cn(-c3ccc(N4CC[C@H](O)C4)nc3)nc2CN1c1cccnc1. The lowest BCUT2D eigenvalue weighted by Crippen LogP contribution is -2.24. The molecule has 3 aromatic heterocycles. The Bertz CT molecular complexity index is 985. The lowest BCUT2D eigenvalue weighted by atomic mass is 10.3. The number of rotatable bonds is 3. The molecule has 2 aliphatic rings. The maximum absolute atomic E-state index is 12.7. The van der Waals surface area contributed by atoms with Crippen molar-refractivity contribution in [1.29, 1.82) is 0 Å². The number of fused-ring (bicyclic) bond motifs is 1. The van der Waals surface area contributed by atoms with Gasteiger partial charge in [0.1, 0.15) is 5.82 Å². The van der Waals surface area contributed by atoms with Crippen LogP contribution in [0.25, 0.3) is 5.69 Å². The van der Waals surface area contributed by atoms with Crippen molar-refractivity contribution in [2.24, 2.45) is 0 Å². The van der Waals surface area contributed by atoms with Crippen molar-refractivity contribution in [3.8, 4) is 5.69 Å². The summed E-state index contributed by atoms with van der Waals surface area (Å²) in [5.74, 6) is 0.772. The fourth-order valence-corrected chi connectivity index (χ4v) is 3.58. The molecule has 1 amide bonds. The van der Waals surface area contributed by atoms with Crippen LogP contribution in [0, 0.1) is 0 Å². The van der Waals surface area contributed by atoms with E-state index in [1.54, 1.807) is 34.4 Å². The molecule has 27 heavy (non-hydrogen) atoms. The Balaban J connectivity index is 1.37. The number of anilines is 2. The molecule has 0 saturated carbocycles. The first-order chi connectivity index (χ1) is 13.2. The van der Waals surface area contributed by atoms with Crippen LogP contribution in [-0.4, -0.2) is 50.0 Å². The largest absolute Gasteiger partial charge is 0.391 e. The Morgan fingerprint density at radius 1 is 1.15 bits per heavy atom. The summed E-state index contributed by atoms with van der Waals surface area (Å²) < 4.78 is 1.69. The van der Waals surface area contributed by atoms with Crippen molar-refractivity contribution >= 4 is 17.4 Å². The summed E-state index contributed by atoms with van der Waals surface area (Å²) in [4.78, 5) is 25.0. The molecular formula is C19H18N6O2. The van der Waals surface area contributed by atoms with Crippen molar-refractivity contribution in [1.82, 2.24) is 19.7 Å². The van der Waals surface area contributed by atoms with E-state index in [1.165, 1.54) is 0 Å². The fourth-order valence-electron chi connectivity index (χ4n) is 3.58. The Morgan fingerprint density at radius 2 is 2.07 bits per heavy atom. The summed E-state index contributed by atoms with van der Waals surface area (Å²) >= 11 is 0. The highest BCUT2D eigenvalue weighted by Crippen LogP contribution is 2.28. The molecule has 0 aromatic carbocycles. The van der Waals surface area contributed by atoms with Crippen LogP contribution >= 0.6 is 0 Å². The molecule has 1 atom stereocenters. The highest BCUT2D eigenvalue weighted by atomic mass is 16.3. The minimum Gasteiger partial charge on any atom is -0.391 e. The molecule has 0 bridgehead atoms. The van der Waals surface area contributed by atoms with Gasteiger partial charge in [0.05, 0.1) is 47.7 Å². The van der Waals surface area contributed by atoms with Gasteiger partial charge >= 0.3 is 0 Å². The van der Waals surface area contributed by atoms with Gasteiger partial charge in [-0.1, -0.05) is 0 Å². The van der Waals surface area contributed by atoms with Gasteiger partial charge in [-0.15, -0.1) is 0 Å². The second-order valence-corrected chi connectivity index (χ2v) is 6.80. The summed E-state index contributed by atoms with van der Waals surface area (Å²) in [6.45, 7) is 1.85. The van der Waals surface area contributed by atoms with Gasteiger partial charge in [-0.2, -0.15) is 5.10 Å². The van der Waals surface area contributed by atoms with Gasteiger partial charge in [0, 0.05) is 25.5 Å². The Morgan fingerprint density at radius 3 is 2.74 bits per heavy atom. The molecule has 8 heteroatoms. The van der Waals surface area contributed by atoms with E-state index in [0.717, 1.165) is 35.9 Å². The first-order valence-corrected chi connectivity index (χ1v) is 8.89. The van der Waals surface area contributed by atoms with E-state index in [2.05, 4.69) is 20.0 Å². The molecule has 8 nitrogen and oxygen atoms in total. The number of aliphatic hydroxyl groups is 1. The molecule has 0 unspecified atom stereocenters. The minimum atomic E-state index is -0.283. The highest BCUT2D eigenvalue weighted by Gasteiger charge is 2.32. The number of carbonyl (C=O) groups excluding carboxylic acids is 1. The third-order valence-electron chi connectivity index (χ3n) is 5.02. The number of hydrogen-bond acceptors (Lipinski definition) is 6. The average Bonchev–Trinajstić information content (AvgIpc) is 3.39. The number of hydrogen-bond donors (Lipinski definition) is 1. The zero-order chi connectivity index (χ0) is 18.4. The van der Waals surface area contributed by atoms with Gasteiger partial charge in [0.25, 0.3) is 5.91 Å². The Kier molecular flexibility index (Phi) is 3.64. The molecule has 0 spiro atoms. The second kappa shape index (κ2) is 6.17. The van der Waals surface area contributed by atoms with Crippen LogP contribution in [0.1, 0.15) is 22.5 Å². The molecule has 2 aliphatic heterocycles. The molecule has 1 N–H and O–H groups in total. The third kappa shape index (κ3) is 2.74. The molecule has 5 heterocycles. The Hall–Kier alpha value is -3.26. The summed E-state index contributed by atoms with van der Waals surface area (Å²) in [7, 11) is 0. The number of aromatic nitrogens is 4. The lowest BCUT2D eigenvalue weighted by Gasteiger charge is -2.17. The second-order valence-electron chi connectivity index (χ2n) is 6.80. The normalized spacial score (nSPS) is 19.0. The number of carbonyl (C=O) groups is 1. The highest BCUT2D eigenvalue weighted by molar-refractivity contribution is 6.09. The van der Waals surface area contributed by atoms with Gasteiger partial charge < -0.3 is 14.9 Å². The molecule has 136 valence electrons. The molecule has 3 aromatic rings. The smallest absolute Gasteiger partial charge is 0.262 e. The van der Waals surface area contributed by atoms with Crippen LogP contribution in [0.2, 0.25) is 0 Å². The van der Waals surface area contributed by atoms with Crippen LogP contribution < -0.4 is 9.80 Å². The van der Waals surface area contributed by atoms with E-state index in [0.29, 0.717) is 18.7 Å². The lowest BCUT2D eigenvalue weighted by molar-refractivity contribution is 0.0996. The van der Waals surface area contributed by atoms with Crippen molar-refractivity contribution in [2.45, 2.75) is 19.1 Å². The van der Waals surface area contributed by atoms with Gasteiger partial charge in [0.2, 0.25) is 0 Å². The molecular weight excluding hydrogens is 344 g/mol. The topological polar surface area (TPSA) is 87.4 Å². The number of nitrogens with zero attached hydrogens (tertiary/aromatic N) is 6. The number of β-amino-alcohol motifs (C(OH)–C–C–N with tert-alkyl or cyclic N) is 1. The van der Waals surface area contributed by atoms with E-state index in [1.807, 2.05) is 24.3 Å². The first kappa shape index (κ1) is 16.0. The average molecular weight is 362 g/mol. The van der Waals surface area contributed by atoms with Gasteiger partial charge in [-0.3, -0.25) is 9.78 Å². The van der Waals surface area contributed by atoms with Gasteiger partial charge in [-0.05, 0) is 30.7 Å². The molecule has 0 aliphatic carbocycles. The van der Waals surface area contributed by atoms with Crippen molar-refractivity contribution in [2.75, 3.05) is 22.9 Å². The minimum absolute atomic E-state index is 0.0696. The van der Waals surface area contributed by atoms with E-state index < -0.39 is 0 Å². The van der Waals surface area contributed by atoms with E-state index in [4.69, 9.17) is 0 Å². The van der Waals surface area contributed by atoms with Gasteiger partial charge in [-0.25, -0.2) is 9.67 Å². The maximum Gasteiger partial charge on any atom is 0.262 e. The van der Waals surface area contributed by atoms with Crippen LogP contribution in [0.3, 0.4) is 0 Å². The Labute approximate surface area is 155 Å². The van der Waals surface area contributed by atoms with Gasteiger partial charge in [0.15, 0.2) is 0 Å². The van der Waals surface area contributed by atoms with Crippen molar-refractivity contribution in [3.63, 3.8) is 0 Å². The zero-order valence-corrected chi connectivity index (χ0v) is 14.6. The quantitative estimate of drug-likeness (QED) is 0.758. The van der Waals surface area contributed by atoms with Crippen molar-refractivity contribution in [3.05, 3.63) is 60.3 Å². The molecule has 0 radical (unpaired) electrons. The standard InChI is InChI=1S/C19H18N6O2/c26-15-5-7-23(10-15)18-4-3-14(9-21-18)25-11-16-17(22-25)12-24(19(16)27)13-2-1-6-20-8-13/h1-4,6,8-9,11,15,26H,5,7,10,12H2/t15-/m0/s1.